The number of hydrogen-bond donors (Lipinski definition) is 0. The van der Waals surface area contributed by atoms with Crippen molar-refractivity contribution < 1.29 is 9.15 Å². The molecule has 0 spiro atoms. The third kappa shape index (κ3) is 2.74. The number of ether oxygens (including phenoxy) is 1. The molecule has 0 N–H and O–H groups in total. The van der Waals surface area contributed by atoms with Gasteiger partial charge in [-0.2, -0.15) is 0 Å². The minimum atomic E-state index is -0.322. The van der Waals surface area contributed by atoms with E-state index >= 15 is 0 Å². The van der Waals surface area contributed by atoms with E-state index in [-0.39, 0.29) is 6.10 Å². The summed E-state index contributed by atoms with van der Waals surface area (Å²) in [6.07, 6.45) is -0.322. The number of nitrogens with zero attached hydrogens (tertiary/aromatic N) is 2. The van der Waals surface area contributed by atoms with Crippen molar-refractivity contribution in [1.29, 1.82) is 0 Å². The maximum atomic E-state index is 5.84. The van der Waals surface area contributed by atoms with Crippen LogP contribution in [0.25, 0.3) is 0 Å². The third-order valence-electron chi connectivity index (χ3n) is 1.87. The molecule has 1 aromatic carbocycles. The first-order valence-corrected chi connectivity index (χ1v) is 5.73. The molecule has 0 aliphatic rings. The summed E-state index contributed by atoms with van der Waals surface area (Å²) >= 11 is 8.92. The van der Waals surface area contributed by atoms with E-state index in [4.69, 9.17) is 20.8 Å². The molecule has 4 nitrogen and oxygen atoms in total. The Kier molecular flexibility index (Phi) is 3.46. The molecule has 1 heterocycles. The van der Waals surface area contributed by atoms with E-state index in [1.54, 1.807) is 12.1 Å². The van der Waals surface area contributed by atoms with Gasteiger partial charge in [-0.1, -0.05) is 17.7 Å². The Morgan fingerprint density at radius 2 is 2.25 bits per heavy atom. The fourth-order valence-electron chi connectivity index (χ4n) is 1.17. The van der Waals surface area contributed by atoms with Crippen molar-refractivity contribution in [1.82, 2.24) is 10.2 Å². The van der Waals surface area contributed by atoms with Gasteiger partial charge in [0.1, 0.15) is 5.75 Å². The summed E-state index contributed by atoms with van der Waals surface area (Å²) < 4.78 is 10.8. The molecule has 0 fully saturated rings. The Balaban J connectivity index is 2.10. The molecular weight excluding hydrogens is 295 g/mol. The lowest BCUT2D eigenvalue weighted by atomic mass is 10.3. The zero-order valence-electron chi connectivity index (χ0n) is 8.35. The molecule has 2 aromatic rings. The van der Waals surface area contributed by atoms with Gasteiger partial charge in [-0.05, 0) is 25.1 Å². The van der Waals surface area contributed by atoms with Crippen molar-refractivity contribution in [2.75, 3.05) is 0 Å². The number of halogens is 2. The largest absolute Gasteiger partial charge is 0.481 e. The number of hydrogen-bond acceptors (Lipinski definition) is 4. The molecule has 0 radical (unpaired) electrons. The second-order valence-electron chi connectivity index (χ2n) is 3.11. The molecule has 0 bridgehead atoms. The highest BCUT2D eigenvalue weighted by molar-refractivity contribution is 9.10. The highest BCUT2D eigenvalue weighted by Gasteiger charge is 2.14. The van der Waals surface area contributed by atoms with E-state index in [0.29, 0.717) is 21.5 Å². The average molecular weight is 304 g/mol. The van der Waals surface area contributed by atoms with E-state index in [2.05, 4.69) is 26.1 Å². The van der Waals surface area contributed by atoms with Gasteiger partial charge >= 0.3 is 0 Å². The lowest BCUT2D eigenvalue weighted by Crippen LogP contribution is -2.03. The fourth-order valence-corrected chi connectivity index (χ4v) is 1.60. The number of rotatable bonds is 3. The maximum Gasteiger partial charge on any atom is 0.284 e. The second kappa shape index (κ2) is 4.84. The summed E-state index contributed by atoms with van der Waals surface area (Å²) in [6, 6.07) is 7.13. The molecule has 1 aromatic heterocycles. The summed E-state index contributed by atoms with van der Waals surface area (Å²) in [5.74, 6) is 1.07. The summed E-state index contributed by atoms with van der Waals surface area (Å²) in [4.78, 5) is 0.337. The quantitative estimate of drug-likeness (QED) is 0.869. The number of aromatic nitrogens is 2. The minimum absolute atomic E-state index is 0.322. The zero-order valence-corrected chi connectivity index (χ0v) is 10.7. The standard InChI is InChI=1S/C10H8BrClN2O2/c1-6(9-13-14-10(11)16-9)15-8-4-2-3-7(12)5-8/h2-6H,1H3. The first kappa shape index (κ1) is 11.4. The van der Waals surface area contributed by atoms with Gasteiger partial charge in [0.05, 0.1) is 0 Å². The predicted octanol–water partition coefficient (Wildman–Crippen LogP) is 3.63. The minimum Gasteiger partial charge on any atom is -0.481 e. The van der Waals surface area contributed by atoms with Crippen LogP contribution in [-0.4, -0.2) is 10.2 Å². The van der Waals surface area contributed by atoms with Gasteiger partial charge in [-0.3, -0.25) is 0 Å². The molecule has 84 valence electrons. The SMILES string of the molecule is CC(Oc1cccc(Cl)c1)c1nnc(Br)o1. The normalized spacial score (nSPS) is 12.4. The molecule has 0 saturated heterocycles. The zero-order chi connectivity index (χ0) is 11.5. The van der Waals surface area contributed by atoms with E-state index in [0.717, 1.165) is 0 Å². The third-order valence-corrected chi connectivity index (χ3v) is 2.43. The Hall–Kier alpha value is -1.07. The second-order valence-corrected chi connectivity index (χ2v) is 4.23. The Morgan fingerprint density at radius 1 is 1.44 bits per heavy atom. The lowest BCUT2D eigenvalue weighted by molar-refractivity contribution is 0.187. The van der Waals surface area contributed by atoms with E-state index in [9.17, 15) is 0 Å². The Bertz CT molecular complexity index is 489. The van der Waals surface area contributed by atoms with Gasteiger partial charge in [-0.15, -0.1) is 10.2 Å². The van der Waals surface area contributed by atoms with Gasteiger partial charge < -0.3 is 9.15 Å². The van der Waals surface area contributed by atoms with E-state index in [1.165, 1.54) is 0 Å². The number of benzene rings is 1. The van der Waals surface area contributed by atoms with Crippen molar-refractivity contribution in [3.05, 3.63) is 40.0 Å². The Labute approximate surface area is 106 Å². The van der Waals surface area contributed by atoms with Crippen LogP contribution >= 0.6 is 27.5 Å². The van der Waals surface area contributed by atoms with Crippen molar-refractivity contribution in [2.24, 2.45) is 0 Å². The van der Waals surface area contributed by atoms with Crippen LogP contribution in [0.15, 0.2) is 33.5 Å². The van der Waals surface area contributed by atoms with Gasteiger partial charge in [-0.25, -0.2) is 0 Å². The van der Waals surface area contributed by atoms with Gasteiger partial charge in [0.25, 0.3) is 10.7 Å². The first-order valence-electron chi connectivity index (χ1n) is 4.56. The van der Waals surface area contributed by atoms with Crippen LogP contribution < -0.4 is 4.74 Å². The lowest BCUT2D eigenvalue weighted by Gasteiger charge is -2.10. The van der Waals surface area contributed by atoms with Crippen molar-refractivity contribution >= 4 is 27.5 Å². The molecule has 0 aliphatic carbocycles. The van der Waals surface area contributed by atoms with Crippen LogP contribution in [0.1, 0.15) is 18.9 Å². The Morgan fingerprint density at radius 3 is 2.88 bits per heavy atom. The monoisotopic (exact) mass is 302 g/mol. The predicted molar refractivity (Wildman–Crippen MR) is 62.5 cm³/mol. The smallest absolute Gasteiger partial charge is 0.284 e. The molecule has 0 saturated carbocycles. The fraction of sp³-hybridized carbons (Fsp3) is 0.200. The van der Waals surface area contributed by atoms with Crippen molar-refractivity contribution in [3.8, 4) is 5.75 Å². The van der Waals surface area contributed by atoms with Crippen LogP contribution in [0.5, 0.6) is 5.75 Å². The van der Waals surface area contributed by atoms with E-state index < -0.39 is 0 Å². The summed E-state index contributed by atoms with van der Waals surface area (Å²) in [5, 5.41) is 8.13. The molecule has 1 atom stereocenters. The first-order chi connectivity index (χ1) is 7.65. The molecule has 1 unspecified atom stereocenters. The molecule has 16 heavy (non-hydrogen) atoms. The van der Waals surface area contributed by atoms with Gasteiger partial charge in [0, 0.05) is 21.0 Å². The van der Waals surface area contributed by atoms with Crippen LogP contribution in [0, 0.1) is 0 Å². The van der Waals surface area contributed by atoms with Gasteiger partial charge in [0.2, 0.25) is 0 Å². The molecule has 6 heteroatoms. The van der Waals surface area contributed by atoms with Crippen LogP contribution in [-0.2, 0) is 0 Å². The average Bonchev–Trinajstić information content (AvgIpc) is 2.65. The van der Waals surface area contributed by atoms with Crippen molar-refractivity contribution in [3.63, 3.8) is 0 Å². The van der Waals surface area contributed by atoms with Crippen LogP contribution in [0.2, 0.25) is 5.02 Å². The van der Waals surface area contributed by atoms with Crippen LogP contribution in [0.3, 0.4) is 0 Å². The highest BCUT2D eigenvalue weighted by Crippen LogP contribution is 2.24. The summed E-state index contributed by atoms with van der Waals surface area (Å²) in [5.41, 5.74) is 0. The highest BCUT2D eigenvalue weighted by atomic mass is 79.9. The molecule has 2 rings (SSSR count). The molecule has 0 aliphatic heterocycles. The maximum absolute atomic E-state index is 5.84. The summed E-state index contributed by atoms with van der Waals surface area (Å²) in [7, 11) is 0. The van der Waals surface area contributed by atoms with Gasteiger partial charge in [0.15, 0.2) is 6.10 Å². The van der Waals surface area contributed by atoms with Crippen LogP contribution in [0.4, 0.5) is 0 Å². The topological polar surface area (TPSA) is 48.2 Å². The summed E-state index contributed by atoms with van der Waals surface area (Å²) in [6.45, 7) is 1.82. The molecule has 0 amide bonds. The van der Waals surface area contributed by atoms with E-state index in [1.807, 2.05) is 19.1 Å². The molecular formula is C10H8BrClN2O2. The van der Waals surface area contributed by atoms with Crippen molar-refractivity contribution in [2.45, 2.75) is 13.0 Å².